The van der Waals surface area contributed by atoms with Gasteiger partial charge in [0.2, 0.25) is 5.91 Å². The average Bonchev–Trinajstić information content (AvgIpc) is 2.45. The summed E-state index contributed by atoms with van der Waals surface area (Å²) < 4.78 is 1.86. The van der Waals surface area contributed by atoms with Crippen LogP contribution in [0.15, 0.2) is 16.7 Å². The fourth-order valence-electron chi connectivity index (χ4n) is 1.55. The van der Waals surface area contributed by atoms with Gasteiger partial charge in [-0.25, -0.2) is 4.98 Å². The van der Waals surface area contributed by atoms with Crippen LogP contribution in [-0.2, 0) is 4.79 Å². The van der Waals surface area contributed by atoms with E-state index >= 15 is 0 Å². The molecule has 0 bridgehead atoms. The molecule has 2 N–H and O–H groups in total. The normalized spacial score (nSPS) is 21.1. The molecule has 0 aromatic carbocycles. The van der Waals surface area contributed by atoms with Gasteiger partial charge in [-0.1, -0.05) is 0 Å². The van der Waals surface area contributed by atoms with Crippen LogP contribution in [-0.4, -0.2) is 23.5 Å². The molecule has 1 aliphatic heterocycles. The van der Waals surface area contributed by atoms with Crippen LogP contribution in [0.2, 0.25) is 0 Å². The number of nitrogens with zero attached hydrogens (tertiary/aromatic N) is 2. The van der Waals surface area contributed by atoms with Gasteiger partial charge in [-0.05, 0) is 44.6 Å². The van der Waals surface area contributed by atoms with E-state index in [0.717, 1.165) is 8.04 Å². The molecule has 2 rings (SSSR count). The van der Waals surface area contributed by atoms with E-state index in [0.29, 0.717) is 18.8 Å². The van der Waals surface area contributed by atoms with Crippen molar-refractivity contribution in [2.75, 3.05) is 11.4 Å². The quantitative estimate of drug-likeness (QED) is 0.750. The van der Waals surface area contributed by atoms with E-state index in [2.05, 4.69) is 43.5 Å². The number of aromatic nitrogens is 1. The van der Waals surface area contributed by atoms with Crippen LogP contribution < -0.4 is 10.6 Å². The molecule has 0 radical (unpaired) electrons. The number of carbonyl (C=O) groups is 1. The Kier molecular flexibility index (Phi) is 3.27. The summed E-state index contributed by atoms with van der Waals surface area (Å²) in [7, 11) is 0. The molecule has 15 heavy (non-hydrogen) atoms. The standard InChI is InChI=1S/C9H9BrIN3O/c10-5-1-7(11)9(13-3-5)14-4-6(12)2-8(14)15/h1,3,6H,2,4,12H2. The van der Waals surface area contributed by atoms with E-state index in [1.807, 2.05) is 6.07 Å². The fourth-order valence-corrected chi connectivity index (χ4v) is 3.07. The number of carbonyl (C=O) groups excluding carboxylic acids is 1. The highest BCUT2D eigenvalue weighted by molar-refractivity contribution is 14.1. The lowest BCUT2D eigenvalue weighted by Crippen LogP contribution is -2.29. The minimum Gasteiger partial charge on any atom is -0.326 e. The maximum atomic E-state index is 11.6. The van der Waals surface area contributed by atoms with Crippen molar-refractivity contribution in [3.05, 3.63) is 20.3 Å². The first-order valence-electron chi connectivity index (χ1n) is 4.45. The Morgan fingerprint density at radius 2 is 2.40 bits per heavy atom. The molecule has 1 fully saturated rings. The van der Waals surface area contributed by atoms with Gasteiger partial charge in [0.05, 0.1) is 3.57 Å². The van der Waals surface area contributed by atoms with Gasteiger partial charge in [-0.3, -0.25) is 9.69 Å². The minimum atomic E-state index is -0.0706. The van der Waals surface area contributed by atoms with Crippen LogP contribution in [0, 0.1) is 3.57 Å². The van der Waals surface area contributed by atoms with Gasteiger partial charge in [0, 0.05) is 29.7 Å². The zero-order chi connectivity index (χ0) is 11.0. The second-order valence-electron chi connectivity index (χ2n) is 3.43. The second kappa shape index (κ2) is 4.34. The number of rotatable bonds is 1. The molecule has 80 valence electrons. The summed E-state index contributed by atoms with van der Waals surface area (Å²) in [6.07, 6.45) is 2.10. The molecular formula is C9H9BrIN3O. The summed E-state index contributed by atoms with van der Waals surface area (Å²) in [6.45, 7) is 0.559. The summed E-state index contributed by atoms with van der Waals surface area (Å²) in [6, 6.07) is 1.86. The van der Waals surface area contributed by atoms with E-state index in [4.69, 9.17) is 5.73 Å². The second-order valence-corrected chi connectivity index (χ2v) is 5.51. The van der Waals surface area contributed by atoms with Crippen LogP contribution in [0.25, 0.3) is 0 Å². The molecule has 0 saturated carbocycles. The Balaban J connectivity index is 2.34. The van der Waals surface area contributed by atoms with Crippen LogP contribution in [0.1, 0.15) is 6.42 Å². The molecular weight excluding hydrogens is 373 g/mol. The van der Waals surface area contributed by atoms with Gasteiger partial charge >= 0.3 is 0 Å². The molecule has 1 aromatic heterocycles. The number of pyridine rings is 1. The predicted octanol–water partition coefficient (Wildman–Crippen LogP) is 1.51. The Hall–Kier alpha value is -0.210. The van der Waals surface area contributed by atoms with E-state index in [1.54, 1.807) is 11.1 Å². The zero-order valence-electron chi connectivity index (χ0n) is 7.78. The highest BCUT2D eigenvalue weighted by atomic mass is 127. The van der Waals surface area contributed by atoms with Crippen LogP contribution in [0.5, 0.6) is 0 Å². The van der Waals surface area contributed by atoms with Gasteiger partial charge in [0.15, 0.2) is 0 Å². The van der Waals surface area contributed by atoms with Crippen molar-refractivity contribution in [3.63, 3.8) is 0 Å². The van der Waals surface area contributed by atoms with E-state index < -0.39 is 0 Å². The molecule has 0 spiro atoms. The van der Waals surface area contributed by atoms with Gasteiger partial charge in [0.1, 0.15) is 5.82 Å². The molecule has 1 aliphatic rings. The molecule has 6 heteroatoms. The minimum absolute atomic E-state index is 0.0511. The Labute approximate surface area is 109 Å². The Morgan fingerprint density at radius 1 is 1.67 bits per heavy atom. The maximum Gasteiger partial charge on any atom is 0.229 e. The number of nitrogens with two attached hydrogens (primary N) is 1. The zero-order valence-corrected chi connectivity index (χ0v) is 11.5. The summed E-state index contributed by atoms with van der Waals surface area (Å²) >= 11 is 5.50. The SMILES string of the molecule is NC1CC(=O)N(c2ncc(Br)cc2I)C1. The number of hydrogen-bond acceptors (Lipinski definition) is 3. The third-order valence-corrected chi connectivity index (χ3v) is 3.43. The monoisotopic (exact) mass is 381 g/mol. The molecule has 0 aliphatic carbocycles. The summed E-state index contributed by atoms with van der Waals surface area (Å²) in [4.78, 5) is 17.5. The lowest BCUT2D eigenvalue weighted by Gasteiger charge is -2.16. The van der Waals surface area contributed by atoms with Crippen molar-refractivity contribution in [3.8, 4) is 0 Å². The first kappa shape index (κ1) is 11.3. The van der Waals surface area contributed by atoms with Crippen molar-refractivity contribution in [1.29, 1.82) is 0 Å². The van der Waals surface area contributed by atoms with E-state index in [1.165, 1.54) is 0 Å². The van der Waals surface area contributed by atoms with Gasteiger partial charge in [-0.2, -0.15) is 0 Å². The molecule has 1 aromatic rings. The smallest absolute Gasteiger partial charge is 0.229 e. The topological polar surface area (TPSA) is 59.2 Å². The van der Waals surface area contributed by atoms with Crippen molar-refractivity contribution in [1.82, 2.24) is 4.98 Å². The van der Waals surface area contributed by atoms with Crippen LogP contribution in [0.4, 0.5) is 5.82 Å². The molecule has 4 nitrogen and oxygen atoms in total. The average molecular weight is 382 g/mol. The number of anilines is 1. The fraction of sp³-hybridized carbons (Fsp3) is 0.333. The molecule has 2 heterocycles. The largest absolute Gasteiger partial charge is 0.326 e. The van der Waals surface area contributed by atoms with Gasteiger partial charge in [0.25, 0.3) is 0 Å². The lowest BCUT2D eigenvalue weighted by atomic mass is 10.3. The molecule has 1 unspecified atom stereocenters. The van der Waals surface area contributed by atoms with Gasteiger partial charge < -0.3 is 5.73 Å². The molecule has 1 atom stereocenters. The lowest BCUT2D eigenvalue weighted by molar-refractivity contribution is -0.117. The number of amides is 1. The van der Waals surface area contributed by atoms with Crippen molar-refractivity contribution in [2.45, 2.75) is 12.5 Å². The Morgan fingerprint density at radius 3 is 2.93 bits per heavy atom. The van der Waals surface area contributed by atoms with Gasteiger partial charge in [-0.15, -0.1) is 0 Å². The summed E-state index contributed by atoms with van der Waals surface area (Å²) in [5.74, 6) is 0.756. The van der Waals surface area contributed by atoms with E-state index in [9.17, 15) is 4.79 Å². The predicted molar refractivity (Wildman–Crippen MR) is 69.6 cm³/mol. The van der Waals surface area contributed by atoms with Crippen molar-refractivity contribution >= 4 is 50.2 Å². The summed E-state index contributed by atoms with van der Waals surface area (Å²) in [5, 5.41) is 0. The van der Waals surface area contributed by atoms with Crippen LogP contribution in [0.3, 0.4) is 0 Å². The summed E-state index contributed by atoms with van der Waals surface area (Å²) in [5.41, 5.74) is 5.73. The molecule has 1 amide bonds. The highest BCUT2D eigenvalue weighted by Crippen LogP contribution is 2.26. The van der Waals surface area contributed by atoms with Crippen LogP contribution >= 0.6 is 38.5 Å². The van der Waals surface area contributed by atoms with E-state index in [-0.39, 0.29) is 11.9 Å². The van der Waals surface area contributed by atoms with Crippen molar-refractivity contribution < 1.29 is 4.79 Å². The third kappa shape index (κ3) is 2.31. The maximum absolute atomic E-state index is 11.6. The Bertz CT molecular complexity index is 412. The first-order chi connectivity index (χ1) is 7.08. The third-order valence-electron chi connectivity index (χ3n) is 2.20. The first-order valence-corrected chi connectivity index (χ1v) is 6.32. The highest BCUT2D eigenvalue weighted by Gasteiger charge is 2.30. The molecule has 1 saturated heterocycles. The number of hydrogen-bond donors (Lipinski definition) is 1. The number of halogens is 2. The van der Waals surface area contributed by atoms with Crippen molar-refractivity contribution in [2.24, 2.45) is 5.73 Å².